The first kappa shape index (κ1) is 14.9. The molecular formula is C17H23N3O2. The molecular weight excluding hydrogens is 278 g/mol. The molecule has 22 heavy (non-hydrogen) atoms. The third-order valence-corrected chi connectivity index (χ3v) is 3.98. The lowest BCUT2D eigenvalue weighted by atomic mass is 9.84. The minimum atomic E-state index is 0.0120. The summed E-state index contributed by atoms with van der Waals surface area (Å²) in [6.07, 6.45) is 3.92. The maximum absolute atomic E-state index is 5.68. The predicted molar refractivity (Wildman–Crippen MR) is 85.4 cm³/mol. The number of aromatic nitrogens is 2. The van der Waals surface area contributed by atoms with Crippen molar-refractivity contribution in [3.63, 3.8) is 0 Å². The van der Waals surface area contributed by atoms with Crippen LogP contribution in [0.4, 0.5) is 0 Å². The fourth-order valence-electron chi connectivity index (χ4n) is 2.65. The Morgan fingerprint density at radius 1 is 1.23 bits per heavy atom. The first-order valence-corrected chi connectivity index (χ1v) is 7.63. The molecule has 5 heteroatoms. The smallest absolute Gasteiger partial charge is 0.161 e. The summed E-state index contributed by atoms with van der Waals surface area (Å²) in [5.74, 6) is 1.69. The molecule has 2 heterocycles. The van der Waals surface area contributed by atoms with Gasteiger partial charge in [0.15, 0.2) is 11.5 Å². The zero-order valence-corrected chi connectivity index (χ0v) is 13.4. The van der Waals surface area contributed by atoms with Crippen molar-refractivity contribution in [1.29, 1.82) is 0 Å². The zero-order chi connectivity index (χ0) is 15.6. The molecule has 1 N–H and O–H groups in total. The first-order chi connectivity index (χ1) is 10.5. The highest BCUT2D eigenvalue weighted by molar-refractivity contribution is 5.45. The van der Waals surface area contributed by atoms with E-state index in [-0.39, 0.29) is 5.41 Å². The number of nitrogens with zero attached hydrogens (tertiary/aromatic N) is 2. The summed E-state index contributed by atoms with van der Waals surface area (Å²) in [6, 6.07) is 6.23. The van der Waals surface area contributed by atoms with Gasteiger partial charge in [0.25, 0.3) is 0 Å². The lowest BCUT2D eigenvalue weighted by molar-refractivity contribution is 0.171. The number of nitrogens with one attached hydrogen (secondary N) is 1. The number of benzene rings is 1. The Morgan fingerprint density at radius 3 is 2.73 bits per heavy atom. The lowest BCUT2D eigenvalue weighted by Gasteiger charge is -2.28. The molecule has 0 bridgehead atoms. The maximum atomic E-state index is 5.68. The van der Waals surface area contributed by atoms with Gasteiger partial charge in [-0.05, 0) is 17.7 Å². The Labute approximate surface area is 131 Å². The fourth-order valence-corrected chi connectivity index (χ4v) is 2.65. The largest absolute Gasteiger partial charge is 0.486 e. The molecule has 118 valence electrons. The number of fused-ring (bicyclic) bond motifs is 1. The number of ether oxygens (including phenoxy) is 2. The molecule has 3 rings (SSSR count). The molecule has 1 aliphatic rings. The van der Waals surface area contributed by atoms with Gasteiger partial charge in [0.2, 0.25) is 0 Å². The Morgan fingerprint density at radius 2 is 2.00 bits per heavy atom. The molecule has 0 aliphatic carbocycles. The molecule has 0 saturated carbocycles. The second-order valence-corrected chi connectivity index (χ2v) is 6.37. The molecule has 0 atom stereocenters. The third-order valence-electron chi connectivity index (χ3n) is 3.98. The van der Waals surface area contributed by atoms with Gasteiger partial charge >= 0.3 is 0 Å². The van der Waals surface area contributed by atoms with E-state index in [0.717, 1.165) is 24.6 Å². The van der Waals surface area contributed by atoms with E-state index < -0.39 is 0 Å². The molecule has 0 radical (unpaired) electrons. The van der Waals surface area contributed by atoms with Gasteiger partial charge < -0.3 is 14.8 Å². The topological polar surface area (TPSA) is 48.3 Å². The van der Waals surface area contributed by atoms with Crippen LogP contribution >= 0.6 is 0 Å². The molecule has 0 spiro atoms. The van der Waals surface area contributed by atoms with Crippen molar-refractivity contribution in [2.75, 3.05) is 19.8 Å². The summed E-state index contributed by atoms with van der Waals surface area (Å²) in [5, 5.41) is 7.69. The van der Waals surface area contributed by atoms with E-state index in [0.29, 0.717) is 13.2 Å². The fraction of sp³-hybridized carbons (Fsp3) is 0.471. The van der Waals surface area contributed by atoms with Gasteiger partial charge in [0, 0.05) is 37.3 Å². The predicted octanol–water partition coefficient (Wildman–Crippen LogP) is 2.26. The van der Waals surface area contributed by atoms with Crippen molar-refractivity contribution in [1.82, 2.24) is 15.1 Å². The Bertz CT molecular complexity index is 649. The highest BCUT2D eigenvalue weighted by atomic mass is 16.6. The second kappa shape index (κ2) is 6.01. The van der Waals surface area contributed by atoms with Crippen molar-refractivity contribution < 1.29 is 9.47 Å². The van der Waals surface area contributed by atoms with Gasteiger partial charge in [0.05, 0.1) is 6.20 Å². The van der Waals surface area contributed by atoms with Crippen molar-refractivity contribution >= 4 is 0 Å². The summed E-state index contributed by atoms with van der Waals surface area (Å²) in [4.78, 5) is 0. The first-order valence-electron chi connectivity index (χ1n) is 7.63. The highest BCUT2D eigenvalue weighted by Gasteiger charge is 2.23. The Hall–Kier alpha value is -2.01. The minimum Gasteiger partial charge on any atom is -0.486 e. The van der Waals surface area contributed by atoms with Crippen LogP contribution in [-0.2, 0) is 19.0 Å². The van der Waals surface area contributed by atoms with E-state index >= 15 is 0 Å². The summed E-state index contributed by atoms with van der Waals surface area (Å²) in [6.45, 7) is 7.41. The van der Waals surface area contributed by atoms with Gasteiger partial charge in [-0.15, -0.1) is 0 Å². The molecule has 5 nitrogen and oxygen atoms in total. The van der Waals surface area contributed by atoms with E-state index in [1.54, 1.807) is 0 Å². The minimum absolute atomic E-state index is 0.0120. The maximum Gasteiger partial charge on any atom is 0.161 e. The van der Waals surface area contributed by atoms with Crippen LogP contribution in [0.15, 0.2) is 30.6 Å². The average molecular weight is 301 g/mol. The summed E-state index contributed by atoms with van der Waals surface area (Å²) in [5.41, 5.74) is 2.45. The monoisotopic (exact) mass is 301 g/mol. The van der Waals surface area contributed by atoms with Crippen molar-refractivity contribution in [3.05, 3.63) is 41.7 Å². The van der Waals surface area contributed by atoms with Crippen molar-refractivity contribution in [3.8, 4) is 11.5 Å². The van der Waals surface area contributed by atoms with Gasteiger partial charge in [-0.25, -0.2) is 0 Å². The summed E-state index contributed by atoms with van der Waals surface area (Å²) >= 11 is 0. The molecule has 1 aliphatic heterocycles. The number of hydrogen-bond acceptors (Lipinski definition) is 4. The SMILES string of the molecule is Cn1cc(CNCC(C)(C)c2ccc3c(c2)OCCO3)cn1. The highest BCUT2D eigenvalue weighted by Crippen LogP contribution is 2.34. The van der Waals surface area contributed by atoms with Gasteiger partial charge in [-0.2, -0.15) is 5.10 Å². The Balaban J connectivity index is 1.64. The normalized spacial score (nSPS) is 14.1. The van der Waals surface area contributed by atoms with E-state index in [1.165, 1.54) is 11.1 Å². The van der Waals surface area contributed by atoms with Gasteiger partial charge in [0.1, 0.15) is 13.2 Å². The molecule has 0 unspecified atom stereocenters. The van der Waals surface area contributed by atoms with Crippen LogP contribution in [-0.4, -0.2) is 29.5 Å². The van der Waals surface area contributed by atoms with Crippen LogP contribution < -0.4 is 14.8 Å². The van der Waals surface area contributed by atoms with Gasteiger partial charge in [-0.1, -0.05) is 19.9 Å². The van der Waals surface area contributed by atoms with Crippen LogP contribution in [0.1, 0.15) is 25.0 Å². The van der Waals surface area contributed by atoms with Crippen LogP contribution in [0, 0.1) is 0 Å². The quantitative estimate of drug-likeness (QED) is 0.920. The van der Waals surface area contributed by atoms with Crippen LogP contribution in [0.5, 0.6) is 11.5 Å². The van der Waals surface area contributed by atoms with Crippen molar-refractivity contribution in [2.24, 2.45) is 7.05 Å². The standard InChI is InChI=1S/C17H23N3O2/c1-17(2,12-18-9-13-10-19-20(3)11-13)14-4-5-15-16(8-14)22-7-6-21-15/h4-5,8,10-11,18H,6-7,9,12H2,1-3H3. The zero-order valence-electron chi connectivity index (χ0n) is 13.4. The average Bonchev–Trinajstić information content (AvgIpc) is 2.92. The lowest BCUT2D eigenvalue weighted by Crippen LogP contribution is -2.32. The third kappa shape index (κ3) is 3.25. The molecule has 0 amide bonds. The molecule has 0 fully saturated rings. The molecule has 2 aromatic rings. The van der Waals surface area contributed by atoms with E-state index in [1.807, 2.05) is 30.2 Å². The summed E-state index contributed by atoms with van der Waals surface area (Å²) in [7, 11) is 1.93. The van der Waals surface area contributed by atoms with Crippen molar-refractivity contribution in [2.45, 2.75) is 25.8 Å². The van der Waals surface area contributed by atoms with E-state index in [9.17, 15) is 0 Å². The number of aryl methyl sites for hydroxylation is 1. The molecule has 1 aromatic heterocycles. The second-order valence-electron chi connectivity index (χ2n) is 6.37. The van der Waals surface area contributed by atoms with E-state index in [4.69, 9.17) is 9.47 Å². The van der Waals surface area contributed by atoms with Crippen LogP contribution in [0.3, 0.4) is 0 Å². The van der Waals surface area contributed by atoms with Crippen LogP contribution in [0.25, 0.3) is 0 Å². The summed E-state index contributed by atoms with van der Waals surface area (Å²) < 4.78 is 13.1. The molecule has 0 saturated heterocycles. The number of rotatable bonds is 5. The van der Waals surface area contributed by atoms with Crippen LogP contribution in [0.2, 0.25) is 0 Å². The molecule has 1 aromatic carbocycles. The van der Waals surface area contributed by atoms with E-state index in [2.05, 4.69) is 36.4 Å². The Kier molecular flexibility index (Phi) is 4.07. The van der Waals surface area contributed by atoms with Gasteiger partial charge in [-0.3, -0.25) is 4.68 Å². The number of hydrogen-bond donors (Lipinski definition) is 1.